The molecule has 0 bridgehead atoms. The fourth-order valence-electron chi connectivity index (χ4n) is 1.21. The lowest BCUT2D eigenvalue weighted by Crippen LogP contribution is -2.17. The standard InChI is InChI=1S/C12H14O4/c1-3-15-10-7-5-6-9(8-10)11(13)12(14)16-4-2/h5-8H,3-4H2,1-2H3. The maximum absolute atomic E-state index is 11.6. The van der Waals surface area contributed by atoms with E-state index in [0.717, 1.165) is 0 Å². The molecule has 1 rings (SSSR count). The Hall–Kier alpha value is -1.84. The van der Waals surface area contributed by atoms with Gasteiger partial charge in [-0.15, -0.1) is 0 Å². The van der Waals surface area contributed by atoms with Crippen LogP contribution in [-0.4, -0.2) is 25.0 Å². The molecule has 0 spiro atoms. The fraction of sp³-hybridized carbons (Fsp3) is 0.333. The van der Waals surface area contributed by atoms with Gasteiger partial charge in [0.25, 0.3) is 5.78 Å². The molecule has 0 saturated heterocycles. The third-order valence-corrected chi connectivity index (χ3v) is 1.87. The molecule has 4 heteroatoms. The summed E-state index contributed by atoms with van der Waals surface area (Å²) in [5.41, 5.74) is 0.282. The van der Waals surface area contributed by atoms with Gasteiger partial charge in [-0.2, -0.15) is 0 Å². The number of Topliss-reactive ketones (excluding diaryl/α,β-unsaturated/α-hetero) is 1. The Kier molecular flexibility index (Phi) is 4.51. The number of ether oxygens (including phenoxy) is 2. The number of carbonyl (C=O) groups is 2. The average Bonchev–Trinajstić information content (AvgIpc) is 2.29. The SMILES string of the molecule is CCOC(=O)C(=O)c1cccc(OCC)c1. The van der Waals surface area contributed by atoms with Crippen LogP contribution in [-0.2, 0) is 9.53 Å². The summed E-state index contributed by atoms with van der Waals surface area (Å²) in [7, 11) is 0. The van der Waals surface area contributed by atoms with Crippen LogP contribution in [0.3, 0.4) is 0 Å². The highest BCUT2D eigenvalue weighted by atomic mass is 16.5. The van der Waals surface area contributed by atoms with Gasteiger partial charge in [0.1, 0.15) is 5.75 Å². The van der Waals surface area contributed by atoms with Crippen molar-refractivity contribution >= 4 is 11.8 Å². The molecule has 0 aliphatic heterocycles. The summed E-state index contributed by atoms with van der Waals surface area (Å²) in [5, 5.41) is 0. The number of esters is 1. The number of hydrogen-bond donors (Lipinski definition) is 0. The second kappa shape index (κ2) is 5.90. The lowest BCUT2D eigenvalue weighted by Gasteiger charge is -2.05. The topological polar surface area (TPSA) is 52.6 Å². The molecule has 16 heavy (non-hydrogen) atoms. The van der Waals surface area contributed by atoms with Crippen molar-refractivity contribution in [2.75, 3.05) is 13.2 Å². The third kappa shape index (κ3) is 3.08. The summed E-state index contributed by atoms with van der Waals surface area (Å²) >= 11 is 0. The first kappa shape index (κ1) is 12.2. The van der Waals surface area contributed by atoms with Crippen LogP contribution in [0.4, 0.5) is 0 Å². The zero-order valence-electron chi connectivity index (χ0n) is 9.36. The van der Waals surface area contributed by atoms with Crippen LogP contribution < -0.4 is 4.74 Å². The van der Waals surface area contributed by atoms with Crippen molar-refractivity contribution in [2.24, 2.45) is 0 Å². The molecule has 4 nitrogen and oxygen atoms in total. The number of carbonyl (C=O) groups excluding carboxylic acids is 2. The molecular formula is C12H14O4. The van der Waals surface area contributed by atoms with Crippen LogP contribution >= 0.6 is 0 Å². The van der Waals surface area contributed by atoms with Crippen LogP contribution in [0.1, 0.15) is 24.2 Å². The summed E-state index contributed by atoms with van der Waals surface area (Å²) in [6.07, 6.45) is 0. The van der Waals surface area contributed by atoms with Crippen molar-refractivity contribution in [3.63, 3.8) is 0 Å². The van der Waals surface area contributed by atoms with Crippen molar-refractivity contribution in [3.8, 4) is 5.75 Å². The maximum atomic E-state index is 11.6. The van der Waals surface area contributed by atoms with Crippen molar-refractivity contribution in [1.29, 1.82) is 0 Å². The first-order valence-electron chi connectivity index (χ1n) is 5.13. The molecule has 86 valence electrons. The summed E-state index contributed by atoms with van der Waals surface area (Å²) in [4.78, 5) is 22.8. The van der Waals surface area contributed by atoms with E-state index in [9.17, 15) is 9.59 Å². The van der Waals surface area contributed by atoms with Crippen LogP contribution in [0.2, 0.25) is 0 Å². The number of hydrogen-bond acceptors (Lipinski definition) is 4. The molecule has 0 radical (unpaired) electrons. The largest absolute Gasteiger partial charge is 0.494 e. The van der Waals surface area contributed by atoms with Gasteiger partial charge < -0.3 is 9.47 Å². The predicted octanol–water partition coefficient (Wildman–Crippen LogP) is 1.83. The van der Waals surface area contributed by atoms with Gasteiger partial charge in [-0.3, -0.25) is 4.79 Å². The minimum atomic E-state index is -0.837. The van der Waals surface area contributed by atoms with Gasteiger partial charge in [-0.05, 0) is 26.0 Å². The van der Waals surface area contributed by atoms with Gasteiger partial charge in [0.05, 0.1) is 13.2 Å². The Labute approximate surface area is 94.2 Å². The fourth-order valence-corrected chi connectivity index (χ4v) is 1.21. The average molecular weight is 222 g/mol. The Morgan fingerprint density at radius 1 is 1.19 bits per heavy atom. The molecule has 1 aromatic rings. The Balaban J connectivity index is 2.83. The van der Waals surface area contributed by atoms with Gasteiger partial charge in [0.2, 0.25) is 0 Å². The van der Waals surface area contributed by atoms with Gasteiger partial charge in [-0.1, -0.05) is 12.1 Å². The molecule has 0 aromatic heterocycles. The van der Waals surface area contributed by atoms with E-state index >= 15 is 0 Å². The lowest BCUT2D eigenvalue weighted by molar-refractivity contribution is -0.137. The molecule has 0 amide bonds. The molecule has 0 saturated carbocycles. The lowest BCUT2D eigenvalue weighted by atomic mass is 10.1. The minimum Gasteiger partial charge on any atom is -0.494 e. The molecule has 0 heterocycles. The van der Waals surface area contributed by atoms with Crippen LogP contribution in [0.15, 0.2) is 24.3 Å². The number of benzene rings is 1. The maximum Gasteiger partial charge on any atom is 0.379 e. The predicted molar refractivity (Wildman–Crippen MR) is 58.6 cm³/mol. The Bertz CT molecular complexity index is 384. The highest BCUT2D eigenvalue weighted by Gasteiger charge is 2.17. The van der Waals surface area contributed by atoms with Gasteiger partial charge in [-0.25, -0.2) is 4.79 Å². The van der Waals surface area contributed by atoms with E-state index in [4.69, 9.17) is 4.74 Å². The van der Waals surface area contributed by atoms with Gasteiger partial charge in [0, 0.05) is 5.56 Å². The number of ketones is 1. The van der Waals surface area contributed by atoms with Crippen LogP contribution in [0, 0.1) is 0 Å². The van der Waals surface area contributed by atoms with E-state index in [1.54, 1.807) is 25.1 Å². The molecule has 0 aliphatic rings. The van der Waals surface area contributed by atoms with Gasteiger partial charge >= 0.3 is 5.97 Å². The third-order valence-electron chi connectivity index (χ3n) is 1.87. The second-order valence-electron chi connectivity index (χ2n) is 3.01. The van der Waals surface area contributed by atoms with E-state index < -0.39 is 11.8 Å². The highest BCUT2D eigenvalue weighted by Crippen LogP contribution is 2.14. The summed E-state index contributed by atoms with van der Waals surface area (Å²) in [6, 6.07) is 6.48. The second-order valence-corrected chi connectivity index (χ2v) is 3.01. The Morgan fingerprint density at radius 3 is 2.56 bits per heavy atom. The summed E-state index contributed by atoms with van der Waals surface area (Å²) in [6.45, 7) is 4.20. The molecule has 1 aromatic carbocycles. The molecule has 0 N–H and O–H groups in total. The monoisotopic (exact) mass is 222 g/mol. The first-order valence-corrected chi connectivity index (χ1v) is 5.13. The molecule has 0 fully saturated rings. The smallest absolute Gasteiger partial charge is 0.379 e. The molecule has 0 atom stereocenters. The van der Waals surface area contributed by atoms with E-state index in [0.29, 0.717) is 12.4 Å². The molecule has 0 unspecified atom stereocenters. The quantitative estimate of drug-likeness (QED) is 0.433. The van der Waals surface area contributed by atoms with Gasteiger partial charge in [0.15, 0.2) is 0 Å². The normalized spacial score (nSPS) is 9.62. The molecule has 0 aliphatic carbocycles. The number of rotatable bonds is 5. The zero-order chi connectivity index (χ0) is 12.0. The zero-order valence-corrected chi connectivity index (χ0v) is 9.36. The minimum absolute atomic E-state index is 0.190. The van der Waals surface area contributed by atoms with E-state index in [1.165, 1.54) is 6.07 Å². The summed E-state index contributed by atoms with van der Waals surface area (Å²) in [5.74, 6) is -0.919. The van der Waals surface area contributed by atoms with E-state index in [-0.39, 0.29) is 12.2 Å². The van der Waals surface area contributed by atoms with Crippen molar-refractivity contribution < 1.29 is 19.1 Å². The molecular weight excluding hydrogens is 208 g/mol. The Morgan fingerprint density at radius 2 is 1.94 bits per heavy atom. The van der Waals surface area contributed by atoms with Crippen LogP contribution in [0.25, 0.3) is 0 Å². The summed E-state index contributed by atoms with van der Waals surface area (Å²) < 4.78 is 9.86. The van der Waals surface area contributed by atoms with Crippen molar-refractivity contribution in [1.82, 2.24) is 0 Å². The van der Waals surface area contributed by atoms with Crippen LogP contribution in [0.5, 0.6) is 5.75 Å². The highest BCUT2D eigenvalue weighted by molar-refractivity contribution is 6.40. The van der Waals surface area contributed by atoms with E-state index in [2.05, 4.69) is 4.74 Å². The van der Waals surface area contributed by atoms with Crippen molar-refractivity contribution in [2.45, 2.75) is 13.8 Å². The van der Waals surface area contributed by atoms with Crippen molar-refractivity contribution in [3.05, 3.63) is 29.8 Å². The first-order chi connectivity index (χ1) is 7.69. The van der Waals surface area contributed by atoms with E-state index in [1.807, 2.05) is 6.92 Å².